The van der Waals surface area contributed by atoms with Gasteiger partial charge in [-0.1, -0.05) is 18.2 Å². The Morgan fingerprint density at radius 2 is 2.31 bits per heavy atom. The fraction of sp³-hybridized carbons (Fsp3) is 0.417. The zero-order valence-corrected chi connectivity index (χ0v) is 9.35. The summed E-state index contributed by atoms with van der Waals surface area (Å²) < 4.78 is 5.37. The SMILES string of the molecule is CO[C@H]1Cc2ccccc2N(CC(N)=O)C1. The van der Waals surface area contributed by atoms with Crippen molar-refractivity contribution in [2.45, 2.75) is 12.5 Å². The summed E-state index contributed by atoms with van der Waals surface area (Å²) in [6.45, 7) is 0.966. The number of hydrogen-bond acceptors (Lipinski definition) is 3. The number of carbonyl (C=O) groups excluding carboxylic acids is 1. The molecule has 0 unspecified atom stereocenters. The van der Waals surface area contributed by atoms with Gasteiger partial charge in [-0.05, 0) is 11.6 Å². The molecule has 0 aliphatic carbocycles. The van der Waals surface area contributed by atoms with Gasteiger partial charge in [0.15, 0.2) is 0 Å². The molecule has 0 saturated heterocycles. The topological polar surface area (TPSA) is 55.6 Å². The minimum atomic E-state index is -0.313. The summed E-state index contributed by atoms with van der Waals surface area (Å²) in [5.41, 5.74) is 7.55. The van der Waals surface area contributed by atoms with Crippen molar-refractivity contribution in [1.82, 2.24) is 0 Å². The molecule has 1 aliphatic heterocycles. The first-order valence-corrected chi connectivity index (χ1v) is 5.34. The van der Waals surface area contributed by atoms with Crippen LogP contribution in [0.15, 0.2) is 24.3 Å². The van der Waals surface area contributed by atoms with E-state index in [1.54, 1.807) is 7.11 Å². The third-order valence-corrected chi connectivity index (χ3v) is 2.88. The van der Waals surface area contributed by atoms with Gasteiger partial charge in [0.2, 0.25) is 5.91 Å². The maximum absolute atomic E-state index is 11.0. The van der Waals surface area contributed by atoms with Gasteiger partial charge in [-0.2, -0.15) is 0 Å². The lowest BCUT2D eigenvalue weighted by Crippen LogP contribution is -2.43. The van der Waals surface area contributed by atoms with Crippen LogP contribution in [-0.2, 0) is 16.0 Å². The third-order valence-electron chi connectivity index (χ3n) is 2.88. The van der Waals surface area contributed by atoms with Crippen molar-refractivity contribution in [3.8, 4) is 0 Å². The van der Waals surface area contributed by atoms with Crippen LogP contribution in [0, 0.1) is 0 Å². The van der Waals surface area contributed by atoms with Gasteiger partial charge >= 0.3 is 0 Å². The van der Waals surface area contributed by atoms with Gasteiger partial charge in [0, 0.05) is 25.8 Å². The van der Waals surface area contributed by atoms with Crippen molar-refractivity contribution >= 4 is 11.6 Å². The highest BCUT2D eigenvalue weighted by Crippen LogP contribution is 2.27. The minimum absolute atomic E-state index is 0.134. The second-order valence-corrected chi connectivity index (χ2v) is 4.04. The number of fused-ring (bicyclic) bond motifs is 1. The van der Waals surface area contributed by atoms with E-state index in [2.05, 4.69) is 6.07 Å². The minimum Gasteiger partial charge on any atom is -0.379 e. The van der Waals surface area contributed by atoms with Gasteiger partial charge in [0.1, 0.15) is 0 Å². The zero-order valence-electron chi connectivity index (χ0n) is 9.35. The lowest BCUT2D eigenvalue weighted by Gasteiger charge is -2.34. The first-order valence-electron chi connectivity index (χ1n) is 5.34. The maximum atomic E-state index is 11.0. The monoisotopic (exact) mass is 220 g/mol. The second kappa shape index (κ2) is 4.53. The first kappa shape index (κ1) is 11.0. The molecule has 0 bridgehead atoms. The average molecular weight is 220 g/mol. The number of nitrogens with two attached hydrogens (primary N) is 1. The van der Waals surface area contributed by atoms with E-state index in [1.807, 2.05) is 23.1 Å². The van der Waals surface area contributed by atoms with E-state index in [-0.39, 0.29) is 18.6 Å². The van der Waals surface area contributed by atoms with Gasteiger partial charge in [-0.15, -0.1) is 0 Å². The van der Waals surface area contributed by atoms with Gasteiger partial charge in [-0.3, -0.25) is 4.79 Å². The van der Waals surface area contributed by atoms with Crippen LogP contribution in [0.25, 0.3) is 0 Å². The van der Waals surface area contributed by atoms with Crippen LogP contribution in [-0.4, -0.2) is 32.2 Å². The second-order valence-electron chi connectivity index (χ2n) is 4.04. The average Bonchev–Trinajstić information content (AvgIpc) is 2.28. The van der Waals surface area contributed by atoms with E-state index in [1.165, 1.54) is 5.56 Å². The van der Waals surface area contributed by atoms with Crippen LogP contribution in [0.2, 0.25) is 0 Å². The Hall–Kier alpha value is -1.55. The summed E-state index contributed by atoms with van der Waals surface area (Å²) in [5.74, 6) is -0.313. The lowest BCUT2D eigenvalue weighted by atomic mass is 9.99. The van der Waals surface area contributed by atoms with E-state index < -0.39 is 0 Å². The number of nitrogens with zero attached hydrogens (tertiary/aromatic N) is 1. The molecule has 0 spiro atoms. The molecule has 1 aliphatic rings. The number of benzene rings is 1. The van der Waals surface area contributed by atoms with Crippen molar-refractivity contribution in [3.63, 3.8) is 0 Å². The molecule has 4 nitrogen and oxygen atoms in total. The van der Waals surface area contributed by atoms with Crippen LogP contribution >= 0.6 is 0 Å². The van der Waals surface area contributed by atoms with Crippen molar-refractivity contribution in [1.29, 1.82) is 0 Å². The summed E-state index contributed by atoms with van der Waals surface area (Å²) in [6.07, 6.45) is 1.02. The third kappa shape index (κ3) is 2.17. The molecule has 4 heteroatoms. The van der Waals surface area contributed by atoms with E-state index in [9.17, 15) is 4.79 Å². The number of ether oxygens (including phenoxy) is 1. The number of para-hydroxylation sites is 1. The Kier molecular flexibility index (Phi) is 3.10. The number of anilines is 1. The highest BCUT2D eigenvalue weighted by atomic mass is 16.5. The van der Waals surface area contributed by atoms with Crippen LogP contribution in [0.1, 0.15) is 5.56 Å². The number of hydrogen-bond donors (Lipinski definition) is 1. The molecule has 1 heterocycles. The van der Waals surface area contributed by atoms with Crippen molar-refractivity contribution < 1.29 is 9.53 Å². The normalized spacial score (nSPS) is 19.3. The molecule has 0 saturated carbocycles. The molecule has 1 aromatic carbocycles. The van der Waals surface area contributed by atoms with Crippen LogP contribution in [0.5, 0.6) is 0 Å². The Balaban J connectivity index is 2.27. The largest absolute Gasteiger partial charge is 0.379 e. The van der Waals surface area contributed by atoms with Crippen LogP contribution in [0.4, 0.5) is 5.69 Å². The molecule has 0 aromatic heterocycles. The summed E-state index contributed by atoms with van der Waals surface area (Å²) >= 11 is 0. The van der Waals surface area contributed by atoms with E-state index in [0.29, 0.717) is 0 Å². The fourth-order valence-electron chi connectivity index (χ4n) is 2.14. The molecule has 0 radical (unpaired) electrons. The first-order chi connectivity index (χ1) is 7.70. The van der Waals surface area contributed by atoms with Crippen LogP contribution in [0.3, 0.4) is 0 Å². The maximum Gasteiger partial charge on any atom is 0.236 e. The Morgan fingerprint density at radius 3 is 3.00 bits per heavy atom. The zero-order chi connectivity index (χ0) is 11.5. The standard InChI is InChI=1S/C12H16N2O2/c1-16-10-6-9-4-2-3-5-11(9)14(7-10)8-12(13)15/h2-5,10H,6-8H2,1H3,(H2,13,15)/t10-/m0/s1. The summed E-state index contributed by atoms with van der Waals surface area (Å²) in [6, 6.07) is 8.05. The van der Waals surface area contributed by atoms with Crippen molar-refractivity contribution in [2.75, 3.05) is 25.1 Å². The molecule has 1 aromatic rings. The molecule has 0 fully saturated rings. The molecule has 2 N–H and O–H groups in total. The van der Waals surface area contributed by atoms with E-state index >= 15 is 0 Å². The van der Waals surface area contributed by atoms with Gasteiger partial charge in [-0.25, -0.2) is 0 Å². The number of rotatable bonds is 3. The molecular weight excluding hydrogens is 204 g/mol. The molecule has 1 amide bonds. The Bertz CT molecular complexity index is 392. The fourth-order valence-corrected chi connectivity index (χ4v) is 2.14. The summed E-state index contributed by atoms with van der Waals surface area (Å²) in [7, 11) is 1.70. The van der Waals surface area contributed by atoms with Gasteiger partial charge in [0.05, 0.1) is 12.6 Å². The predicted octanol–water partition coefficient (Wildman–Crippen LogP) is 0.549. The number of primary amides is 1. The number of methoxy groups -OCH3 is 1. The molecule has 86 valence electrons. The smallest absolute Gasteiger partial charge is 0.236 e. The molecule has 16 heavy (non-hydrogen) atoms. The van der Waals surface area contributed by atoms with Gasteiger partial charge in [0.25, 0.3) is 0 Å². The van der Waals surface area contributed by atoms with Crippen molar-refractivity contribution in [3.05, 3.63) is 29.8 Å². The molecule has 2 rings (SSSR count). The number of amides is 1. The van der Waals surface area contributed by atoms with Crippen molar-refractivity contribution in [2.24, 2.45) is 5.73 Å². The highest BCUT2D eigenvalue weighted by Gasteiger charge is 2.24. The lowest BCUT2D eigenvalue weighted by molar-refractivity contribution is -0.116. The number of carbonyl (C=O) groups is 1. The van der Waals surface area contributed by atoms with E-state index in [0.717, 1.165) is 18.7 Å². The van der Waals surface area contributed by atoms with Crippen LogP contribution < -0.4 is 10.6 Å². The van der Waals surface area contributed by atoms with Gasteiger partial charge < -0.3 is 15.4 Å². The molecule has 1 atom stereocenters. The molecular formula is C12H16N2O2. The predicted molar refractivity (Wildman–Crippen MR) is 62.4 cm³/mol. The summed E-state index contributed by atoms with van der Waals surface area (Å²) in [4.78, 5) is 13.0. The quantitative estimate of drug-likeness (QED) is 0.809. The Labute approximate surface area is 95.0 Å². The highest BCUT2D eigenvalue weighted by molar-refractivity contribution is 5.80. The Morgan fingerprint density at radius 1 is 1.56 bits per heavy atom. The van der Waals surface area contributed by atoms with E-state index in [4.69, 9.17) is 10.5 Å². The summed E-state index contributed by atoms with van der Waals surface area (Å²) in [5, 5.41) is 0.